The topological polar surface area (TPSA) is 98.8 Å². The third-order valence-electron chi connectivity index (χ3n) is 5.42. The molecule has 8 heteroatoms. The zero-order valence-electron chi connectivity index (χ0n) is 16.4. The van der Waals surface area contributed by atoms with E-state index in [9.17, 15) is 14.9 Å². The summed E-state index contributed by atoms with van der Waals surface area (Å²) in [5, 5.41) is 15.3. The Morgan fingerprint density at radius 2 is 1.81 bits per heavy atom. The molecule has 1 aliphatic heterocycles. The van der Waals surface area contributed by atoms with E-state index < -0.39 is 10.9 Å². The van der Waals surface area contributed by atoms with Crippen LogP contribution in [0.4, 0.5) is 11.5 Å². The van der Waals surface area contributed by atoms with Gasteiger partial charge in [-0.25, -0.2) is 4.79 Å². The predicted molar refractivity (Wildman–Crippen MR) is 114 cm³/mol. The highest BCUT2D eigenvalue weighted by atomic mass is 16.6. The summed E-state index contributed by atoms with van der Waals surface area (Å²) < 4.78 is 6.69. The minimum Gasteiger partial charge on any atom is -0.396 e. The third kappa shape index (κ3) is 3.38. The average Bonchev–Trinajstić information content (AvgIpc) is 3.18. The van der Waals surface area contributed by atoms with Gasteiger partial charge in [0.05, 0.1) is 17.8 Å². The SMILES string of the molecule is O=C(Oc1nc2c3c(ccn2c1[N+](=O)[O-])CCC(c1ccccc1)N3)c1ccccc1. The molecule has 2 aromatic heterocycles. The molecule has 154 valence electrons. The van der Waals surface area contributed by atoms with Crippen LogP contribution >= 0.6 is 0 Å². The number of aromatic nitrogens is 2. The maximum Gasteiger partial charge on any atom is 0.393 e. The minimum atomic E-state index is -0.698. The molecule has 0 bridgehead atoms. The van der Waals surface area contributed by atoms with E-state index >= 15 is 0 Å². The van der Waals surface area contributed by atoms with Crippen molar-refractivity contribution in [1.29, 1.82) is 0 Å². The lowest BCUT2D eigenvalue weighted by Gasteiger charge is -2.26. The number of benzene rings is 2. The van der Waals surface area contributed by atoms with Gasteiger partial charge in [-0.3, -0.25) is 0 Å². The standard InChI is InChI=1S/C23H18N4O4/c28-23(17-9-5-2-6-10-17)31-21-22(27(29)30)26-14-13-16-11-12-18(15-7-3-1-4-8-15)24-19(16)20(26)25-21/h1-10,13-14,18,24H,11-12H2. The summed E-state index contributed by atoms with van der Waals surface area (Å²) in [4.78, 5) is 28.1. The Kier molecular flexibility index (Phi) is 4.59. The first-order valence-corrected chi connectivity index (χ1v) is 9.89. The molecule has 8 nitrogen and oxygen atoms in total. The first-order valence-electron chi connectivity index (χ1n) is 9.89. The van der Waals surface area contributed by atoms with Crippen LogP contribution in [0.1, 0.15) is 33.9 Å². The van der Waals surface area contributed by atoms with Crippen LogP contribution in [0.5, 0.6) is 5.88 Å². The Balaban J connectivity index is 1.57. The number of nitrogens with one attached hydrogen (secondary N) is 1. The summed E-state index contributed by atoms with van der Waals surface area (Å²) >= 11 is 0. The summed E-state index contributed by atoms with van der Waals surface area (Å²) in [7, 11) is 0. The smallest absolute Gasteiger partial charge is 0.393 e. The van der Waals surface area contributed by atoms with Crippen molar-refractivity contribution in [2.75, 3.05) is 5.32 Å². The van der Waals surface area contributed by atoms with Crippen molar-refractivity contribution < 1.29 is 14.5 Å². The number of fused-ring (bicyclic) bond motifs is 3. The number of carbonyl (C=O) groups excluding carboxylic acids is 1. The van der Waals surface area contributed by atoms with E-state index in [-0.39, 0.29) is 23.3 Å². The van der Waals surface area contributed by atoms with Crippen LogP contribution < -0.4 is 10.1 Å². The monoisotopic (exact) mass is 414 g/mol. The van der Waals surface area contributed by atoms with Crippen molar-refractivity contribution in [3.8, 4) is 5.88 Å². The molecule has 0 aliphatic carbocycles. The number of hydrogen-bond donors (Lipinski definition) is 1. The Bertz CT molecular complexity index is 1290. The number of nitro groups is 1. The zero-order chi connectivity index (χ0) is 21.4. The Morgan fingerprint density at radius 3 is 2.52 bits per heavy atom. The first-order chi connectivity index (χ1) is 15.1. The van der Waals surface area contributed by atoms with Gasteiger partial charge in [-0.05, 0) is 47.1 Å². The van der Waals surface area contributed by atoms with Crippen molar-refractivity contribution in [1.82, 2.24) is 9.38 Å². The molecule has 1 unspecified atom stereocenters. The van der Waals surface area contributed by atoms with Gasteiger partial charge < -0.3 is 20.2 Å². The number of imidazole rings is 1. The molecule has 0 saturated carbocycles. The average molecular weight is 414 g/mol. The summed E-state index contributed by atoms with van der Waals surface area (Å²) in [6.07, 6.45) is 3.30. The second-order valence-electron chi connectivity index (χ2n) is 7.31. The quantitative estimate of drug-likeness (QED) is 0.299. The van der Waals surface area contributed by atoms with Crippen LogP contribution in [0, 0.1) is 10.1 Å². The number of ether oxygens (including phenoxy) is 1. The Hall–Kier alpha value is -4.20. The molecule has 0 saturated heterocycles. The molecular formula is C23H18N4O4. The van der Waals surface area contributed by atoms with E-state index in [0.717, 1.165) is 24.0 Å². The molecule has 0 spiro atoms. The van der Waals surface area contributed by atoms with Crippen LogP contribution in [0.25, 0.3) is 5.65 Å². The van der Waals surface area contributed by atoms with Crippen LogP contribution in [-0.2, 0) is 6.42 Å². The van der Waals surface area contributed by atoms with Gasteiger partial charge in [-0.15, -0.1) is 0 Å². The number of hydrogen-bond acceptors (Lipinski definition) is 6. The molecule has 1 atom stereocenters. The second kappa shape index (κ2) is 7.56. The van der Waals surface area contributed by atoms with Gasteiger partial charge in [0.25, 0.3) is 5.65 Å². The maximum absolute atomic E-state index is 12.5. The summed E-state index contributed by atoms with van der Waals surface area (Å²) in [6, 6.07) is 20.2. The van der Waals surface area contributed by atoms with E-state index in [0.29, 0.717) is 11.3 Å². The van der Waals surface area contributed by atoms with Gasteiger partial charge in [0.2, 0.25) is 0 Å². The van der Waals surface area contributed by atoms with E-state index in [1.165, 1.54) is 4.40 Å². The largest absolute Gasteiger partial charge is 0.396 e. The van der Waals surface area contributed by atoms with E-state index in [1.54, 1.807) is 36.5 Å². The Morgan fingerprint density at radius 1 is 1.10 bits per heavy atom. The van der Waals surface area contributed by atoms with E-state index in [2.05, 4.69) is 10.3 Å². The summed E-state index contributed by atoms with van der Waals surface area (Å²) in [5.74, 6) is -1.40. The normalized spacial score (nSPS) is 15.2. The van der Waals surface area contributed by atoms with Gasteiger partial charge >= 0.3 is 17.7 Å². The van der Waals surface area contributed by atoms with E-state index in [4.69, 9.17) is 4.74 Å². The fourth-order valence-corrected chi connectivity index (χ4v) is 3.92. The van der Waals surface area contributed by atoms with Crippen LogP contribution in [0.15, 0.2) is 72.9 Å². The molecule has 0 amide bonds. The molecule has 0 fully saturated rings. The van der Waals surface area contributed by atoms with Crippen LogP contribution in [0.2, 0.25) is 0 Å². The number of anilines is 1. The lowest BCUT2D eigenvalue weighted by molar-refractivity contribution is -0.391. The van der Waals surface area contributed by atoms with Crippen molar-refractivity contribution in [3.63, 3.8) is 0 Å². The van der Waals surface area contributed by atoms with Gasteiger partial charge in [-0.2, -0.15) is 9.38 Å². The molecule has 5 rings (SSSR count). The molecule has 1 N–H and O–H groups in total. The number of rotatable bonds is 4. The highest BCUT2D eigenvalue weighted by Gasteiger charge is 2.31. The zero-order valence-corrected chi connectivity index (χ0v) is 16.4. The van der Waals surface area contributed by atoms with Gasteiger partial charge in [0.15, 0.2) is 0 Å². The molecule has 4 aromatic rings. The number of aryl methyl sites for hydroxylation is 1. The van der Waals surface area contributed by atoms with Crippen molar-refractivity contribution in [2.45, 2.75) is 18.9 Å². The number of pyridine rings is 1. The highest BCUT2D eigenvalue weighted by Crippen LogP contribution is 2.38. The maximum atomic E-state index is 12.5. The van der Waals surface area contributed by atoms with Gasteiger partial charge in [-0.1, -0.05) is 48.5 Å². The lowest BCUT2D eigenvalue weighted by Crippen LogP contribution is -2.19. The number of carbonyl (C=O) groups is 1. The van der Waals surface area contributed by atoms with Crippen molar-refractivity contribution in [2.24, 2.45) is 0 Å². The molecule has 2 aromatic carbocycles. The third-order valence-corrected chi connectivity index (χ3v) is 5.42. The van der Waals surface area contributed by atoms with Gasteiger partial charge in [0, 0.05) is 0 Å². The fourth-order valence-electron chi connectivity index (χ4n) is 3.92. The molecule has 1 aliphatic rings. The summed E-state index contributed by atoms with van der Waals surface area (Å²) in [6.45, 7) is 0. The second-order valence-corrected chi connectivity index (χ2v) is 7.31. The van der Waals surface area contributed by atoms with Crippen LogP contribution in [0.3, 0.4) is 0 Å². The number of esters is 1. The summed E-state index contributed by atoms with van der Waals surface area (Å²) in [5.41, 5.74) is 3.51. The Labute approximate surface area is 177 Å². The first kappa shape index (κ1) is 18.8. The molecule has 31 heavy (non-hydrogen) atoms. The van der Waals surface area contributed by atoms with Crippen molar-refractivity contribution >= 4 is 23.1 Å². The van der Waals surface area contributed by atoms with Crippen LogP contribution in [-0.4, -0.2) is 20.3 Å². The highest BCUT2D eigenvalue weighted by molar-refractivity contribution is 5.91. The molecular weight excluding hydrogens is 396 g/mol. The minimum absolute atomic E-state index is 0.0611. The van der Waals surface area contributed by atoms with Gasteiger partial charge in [0.1, 0.15) is 5.69 Å². The predicted octanol–water partition coefficient (Wildman–Crippen LogP) is 4.56. The van der Waals surface area contributed by atoms with Crippen molar-refractivity contribution in [3.05, 3.63) is 99.7 Å². The fraction of sp³-hybridized carbons (Fsp3) is 0.130. The molecule has 0 radical (unpaired) electrons. The number of nitrogens with zero attached hydrogens (tertiary/aromatic N) is 3. The van der Waals surface area contributed by atoms with E-state index in [1.807, 2.05) is 36.4 Å². The molecule has 3 heterocycles. The lowest BCUT2D eigenvalue weighted by atomic mass is 9.94.